The number of hydrogen-bond acceptors (Lipinski definition) is 1. The number of aromatic nitrogens is 1. The molecule has 1 heterocycles. The molecule has 2 aromatic rings. The smallest absolute Gasteiger partial charge is 0.0743 e. The fourth-order valence-electron chi connectivity index (χ4n) is 2.90. The Morgan fingerprint density at radius 1 is 1.10 bits per heavy atom. The summed E-state index contributed by atoms with van der Waals surface area (Å²) in [5.41, 5.74) is 4.03. The second-order valence-electron chi connectivity index (χ2n) is 6.47. The Bertz CT molecular complexity index is 694. The predicted octanol–water partition coefficient (Wildman–Crippen LogP) is 5.27. The first-order valence-corrected chi connectivity index (χ1v) is 7.31. The minimum atomic E-state index is 0.127. The first kappa shape index (κ1) is 13.1. The van der Waals surface area contributed by atoms with Crippen molar-refractivity contribution in [3.63, 3.8) is 0 Å². The molecule has 0 aliphatic heterocycles. The molecule has 0 bridgehead atoms. The largest absolute Gasteiger partial charge is 0.256 e. The van der Waals surface area contributed by atoms with Gasteiger partial charge in [0.05, 0.1) is 5.69 Å². The summed E-state index contributed by atoms with van der Waals surface area (Å²) in [6, 6.07) is 8.71. The first-order chi connectivity index (χ1) is 9.57. The van der Waals surface area contributed by atoms with Crippen LogP contribution in [0.15, 0.2) is 48.7 Å². The molecule has 0 unspecified atom stereocenters. The van der Waals surface area contributed by atoms with E-state index in [-0.39, 0.29) is 5.41 Å². The Balaban J connectivity index is 2.32. The standard InChI is InChI=1S/C19H21N/c1-19(2,3)16-11-7-10-14-12-13-20-18(17(14)16)15-8-5-4-6-9-15/h4-5,7-8,10-13H,6,9H2,1-3H3. The molecule has 0 saturated carbocycles. The molecular formula is C19H21N. The van der Waals surface area contributed by atoms with Gasteiger partial charge in [0.15, 0.2) is 0 Å². The minimum Gasteiger partial charge on any atom is -0.256 e. The number of benzene rings is 1. The van der Waals surface area contributed by atoms with Gasteiger partial charge in [-0.2, -0.15) is 0 Å². The van der Waals surface area contributed by atoms with Gasteiger partial charge in [0.1, 0.15) is 0 Å². The molecule has 20 heavy (non-hydrogen) atoms. The highest BCUT2D eigenvalue weighted by Gasteiger charge is 2.20. The molecule has 0 fully saturated rings. The second kappa shape index (κ2) is 4.90. The quantitative estimate of drug-likeness (QED) is 0.683. The summed E-state index contributed by atoms with van der Waals surface area (Å²) in [5.74, 6) is 0. The van der Waals surface area contributed by atoms with Gasteiger partial charge in [-0.25, -0.2) is 0 Å². The van der Waals surface area contributed by atoms with E-state index in [2.05, 4.69) is 63.3 Å². The van der Waals surface area contributed by atoms with E-state index in [1.54, 1.807) is 0 Å². The maximum absolute atomic E-state index is 4.70. The molecule has 102 valence electrons. The first-order valence-electron chi connectivity index (χ1n) is 7.31. The molecule has 1 aromatic heterocycles. The average molecular weight is 263 g/mol. The van der Waals surface area contributed by atoms with Crippen LogP contribution in [0.2, 0.25) is 0 Å². The third-order valence-corrected chi connectivity index (χ3v) is 3.92. The number of rotatable bonds is 1. The van der Waals surface area contributed by atoms with Crippen LogP contribution in [-0.2, 0) is 5.41 Å². The van der Waals surface area contributed by atoms with Crippen LogP contribution in [-0.4, -0.2) is 4.98 Å². The number of hydrogen-bond donors (Lipinski definition) is 0. The lowest BCUT2D eigenvalue weighted by molar-refractivity contribution is 0.595. The third kappa shape index (κ3) is 2.29. The molecule has 1 heteroatoms. The van der Waals surface area contributed by atoms with Crippen molar-refractivity contribution >= 4 is 16.3 Å². The summed E-state index contributed by atoms with van der Waals surface area (Å²) in [6.45, 7) is 6.81. The van der Waals surface area contributed by atoms with Gasteiger partial charge in [-0.15, -0.1) is 0 Å². The van der Waals surface area contributed by atoms with Crippen molar-refractivity contribution in [2.45, 2.75) is 39.0 Å². The Labute approximate surface area is 121 Å². The van der Waals surface area contributed by atoms with Gasteiger partial charge >= 0.3 is 0 Å². The topological polar surface area (TPSA) is 12.9 Å². The Hall–Kier alpha value is -1.89. The molecule has 0 spiro atoms. The molecular weight excluding hydrogens is 242 g/mol. The van der Waals surface area contributed by atoms with Crippen molar-refractivity contribution in [2.75, 3.05) is 0 Å². The van der Waals surface area contributed by atoms with Crippen molar-refractivity contribution < 1.29 is 0 Å². The molecule has 0 radical (unpaired) electrons. The van der Waals surface area contributed by atoms with Crippen LogP contribution < -0.4 is 0 Å². The van der Waals surface area contributed by atoms with E-state index in [0.717, 1.165) is 18.5 Å². The third-order valence-electron chi connectivity index (χ3n) is 3.92. The maximum Gasteiger partial charge on any atom is 0.0743 e. The van der Waals surface area contributed by atoms with Gasteiger partial charge in [-0.1, -0.05) is 57.2 Å². The zero-order valence-electron chi connectivity index (χ0n) is 12.5. The number of allylic oxidation sites excluding steroid dienone is 4. The normalized spacial score (nSPS) is 15.4. The van der Waals surface area contributed by atoms with E-state index in [4.69, 9.17) is 4.98 Å². The summed E-state index contributed by atoms with van der Waals surface area (Å²) in [7, 11) is 0. The SMILES string of the molecule is CC(C)(C)c1cccc2ccnc(C3=CC=CCC3)c12. The molecule has 1 aliphatic carbocycles. The van der Waals surface area contributed by atoms with E-state index < -0.39 is 0 Å². The van der Waals surface area contributed by atoms with E-state index in [0.29, 0.717) is 0 Å². The fraction of sp³-hybridized carbons (Fsp3) is 0.316. The average Bonchev–Trinajstić information content (AvgIpc) is 2.46. The van der Waals surface area contributed by atoms with Crippen LogP contribution in [0.5, 0.6) is 0 Å². The van der Waals surface area contributed by atoms with Crippen LogP contribution in [0.25, 0.3) is 16.3 Å². The predicted molar refractivity (Wildman–Crippen MR) is 86.8 cm³/mol. The lowest BCUT2D eigenvalue weighted by atomic mass is 9.82. The highest BCUT2D eigenvalue weighted by molar-refractivity contribution is 5.95. The molecule has 0 saturated heterocycles. The van der Waals surface area contributed by atoms with Crippen LogP contribution in [0.4, 0.5) is 0 Å². The van der Waals surface area contributed by atoms with Crippen molar-refractivity contribution in [2.24, 2.45) is 0 Å². The molecule has 1 aromatic carbocycles. The van der Waals surface area contributed by atoms with E-state index in [1.165, 1.54) is 21.9 Å². The summed E-state index contributed by atoms with van der Waals surface area (Å²) < 4.78 is 0. The van der Waals surface area contributed by atoms with Crippen LogP contribution >= 0.6 is 0 Å². The Morgan fingerprint density at radius 3 is 2.65 bits per heavy atom. The zero-order chi connectivity index (χ0) is 14.2. The maximum atomic E-state index is 4.70. The summed E-state index contributed by atoms with van der Waals surface area (Å²) in [4.78, 5) is 4.70. The van der Waals surface area contributed by atoms with Gasteiger partial charge in [0, 0.05) is 11.6 Å². The van der Waals surface area contributed by atoms with Crippen LogP contribution in [0, 0.1) is 0 Å². The van der Waals surface area contributed by atoms with Crippen molar-refractivity contribution in [3.8, 4) is 0 Å². The summed E-state index contributed by atoms with van der Waals surface area (Å²) in [5, 5.41) is 2.61. The molecule has 0 amide bonds. The summed E-state index contributed by atoms with van der Waals surface area (Å²) in [6.07, 6.45) is 10.7. The monoisotopic (exact) mass is 263 g/mol. The number of nitrogens with zero attached hydrogens (tertiary/aromatic N) is 1. The molecule has 1 nitrogen and oxygen atoms in total. The van der Waals surface area contributed by atoms with Crippen LogP contribution in [0.3, 0.4) is 0 Å². The highest BCUT2D eigenvalue weighted by Crippen LogP contribution is 2.35. The lowest BCUT2D eigenvalue weighted by Crippen LogP contribution is -2.12. The second-order valence-corrected chi connectivity index (χ2v) is 6.47. The molecule has 0 N–H and O–H groups in total. The van der Waals surface area contributed by atoms with Crippen molar-refractivity contribution in [1.82, 2.24) is 4.98 Å². The Morgan fingerprint density at radius 2 is 1.95 bits per heavy atom. The van der Waals surface area contributed by atoms with E-state index in [1.807, 2.05) is 6.20 Å². The fourth-order valence-corrected chi connectivity index (χ4v) is 2.90. The molecule has 1 aliphatic rings. The molecule has 0 atom stereocenters. The van der Waals surface area contributed by atoms with Gasteiger partial charge in [0.2, 0.25) is 0 Å². The lowest BCUT2D eigenvalue weighted by Gasteiger charge is -2.23. The minimum absolute atomic E-state index is 0.127. The van der Waals surface area contributed by atoms with E-state index in [9.17, 15) is 0 Å². The Kier molecular flexibility index (Phi) is 3.21. The van der Waals surface area contributed by atoms with E-state index >= 15 is 0 Å². The van der Waals surface area contributed by atoms with Crippen LogP contribution in [0.1, 0.15) is 44.9 Å². The highest BCUT2D eigenvalue weighted by atomic mass is 14.7. The summed E-state index contributed by atoms with van der Waals surface area (Å²) >= 11 is 0. The number of fused-ring (bicyclic) bond motifs is 1. The van der Waals surface area contributed by atoms with Crippen molar-refractivity contribution in [1.29, 1.82) is 0 Å². The van der Waals surface area contributed by atoms with Gasteiger partial charge in [-0.3, -0.25) is 4.98 Å². The van der Waals surface area contributed by atoms with Crippen molar-refractivity contribution in [3.05, 3.63) is 59.9 Å². The number of pyridine rings is 1. The molecule has 3 rings (SSSR count). The van der Waals surface area contributed by atoms with Gasteiger partial charge < -0.3 is 0 Å². The van der Waals surface area contributed by atoms with Gasteiger partial charge in [0.25, 0.3) is 0 Å². The van der Waals surface area contributed by atoms with Gasteiger partial charge in [-0.05, 0) is 40.8 Å². The zero-order valence-corrected chi connectivity index (χ0v) is 12.5.